The van der Waals surface area contributed by atoms with E-state index in [1.165, 1.54) is 12.8 Å². The molecule has 2 nitrogen and oxygen atoms in total. The van der Waals surface area contributed by atoms with E-state index in [0.717, 1.165) is 6.42 Å². The molecule has 0 bridgehead atoms. The molecule has 0 heterocycles. The van der Waals surface area contributed by atoms with E-state index in [-0.39, 0.29) is 0 Å². The molecule has 0 spiro atoms. The highest BCUT2D eigenvalue weighted by atomic mass is 16.4. The number of carboxylic acid groups (broad SMARTS) is 1. The van der Waals surface area contributed by atoms with Gasteiger partial charge < -0.3 is 5.11 Å². The smallest absolute Gasteiger partial charge is 0.312 e. The molecule has 0 atom stereocenters. The van der Waals surface area contributed by atoms with Crippen LogP contribution in [0.5, 0.6) is 0 Å². The van der Waals surface area contributed by atoms with Gasteiger partial charge in [0.25, 0.3) is 0 Å². The number of allylic oxidation sites excluding steroid dienone is 3. The summed E-state index contributed by atoms with van der Waals surface area (Å²) in [4.78, 5) is 10.7. The maximum Gasteiger partial charge on any atom is 0.312 e. The summed E-state index contributed by atoms with van der Waals surface area (Å²) in [5.41, 5.74) is -0.769. The van der Waals surface area contributed by atoms with Gasteiger partial charge in [-0.2, -0.15) is 0 Å². The molecule has 0 fully saturated rings. The van der Waals surface area contributed by atoms with E-state index in [0.29, 0.717) is 0 Å². The van der Waals surface area contributed by atoms with Gasteiger partial charge in [-0.1, -0.05) is 44.1 Å². The van der Waals surface area contributed by atoms with Crippen LogP contribution in [0, 0.1) is 5.41 Å². The van der Waals surface area contributed by atoms with E-state index in [1.54, 1.807) is 19.9 Å². The molecule has 0 aromatic heterocycles. The summed E-state index contributed by atoms with van der Waals surface area (Å²) in [7, 11) is 0. The van der Waals surface area contributed by atoms with Crippen LogP contribution in [-0.2, 0) is 4.79 Å². The molecule has 0 saturated heterocycles. The Morgan fingerprint density at radius 2 is 2.00 bits per heavy atom. The minimum absolute atomic E-state index is 0.769. The second-order valence-corrected chi connectivity index (χ2v) is 3.96. The van der Waals surface area contributed by atoms with Gasteiger partial charge in [0.15, 0.2) is 0 Å². The molecule has 0 rings (SSSR count). The number of hydrogen-bond acceptors (Lipinski definition) is 1. The molecule has 0 aliphatic heterocycles. The van der Waals surface area contributed by atoms with E-state index in [1.807, 2.05) is 12.2 Å². The number of carboxylic acids is 1. The van der Waals surface area contributed by atoms with Crippen LogP contribution in [0.25, 0.3) is 0 Å². The Balaban J connectivity index is 3.93. The van der Waals surface area contributed by atoms with Crippen LogP contribution in [0.1, 0.15) is 40.0 Å². The topological polar surface area (TPSA) is 37.3 Å². The van der Waals surface area contributed by atoms with Crippen LogP contribution >= 0.6 is 0 Å². The molecule has 0 unspecified atom stereocenters. The molecule has 14 heavy (non-hydrogen) atoms. The first-order valence-corrected chi connectivity index (χ1v) is 5.08. The lowest BCUT2D eigenvalue weighted by Crippen LogP contribution is -2.20. The number of rotatable bonds is 6. The molecule has 0 aliphatic rings. The molecular weight excluding hydrogens is 176 g/mol. The minimum atomic E-state index is -0.796. The highest BCUT2D eigenvalue weighted by Crippen LogP contribution is 2.16. The SMILES string of the molecule is CCCCC=CC=CC(C)(C)C(=O)O. The summed E-state index contributed by atoms with van der Waals surface area (Å²) in [6.07, 6.45) is 10.9. The first-order chi connectivity index (χ1) is 6.50. The monoisotopic (exact) mass is 196 g/mol. The van der Waals surface area contributed by atoms with Gasteiger partial charge in [0.05, 0.1) is 5.41 Å². The van der Waals surface area contributed by atoms with Crippen molar-refractivity contribution in [3.05, 3.63) is 24.3 Å². The number of carbonyl (C=O) groups is 1. The van der Waals surface area contributed by atoms with Crippen LogP contribution in [0.4, 0.5) is 0 Å². The molecule has 2 heteroatoms. The van der Waals surface area contributed by atoms with Crippen molar-refractivity contribution in [3.63, 3.8) is 0 Å². The molecule has 0 radical (unpaired) electrons. The van der Waals surface area contributed by atoms with Crippen molar-refractivity contribution in [1.29, 1.82) is 0 Å². The lowest BCUT2D eigenvalue weighted by atomic mass is 9.93. The summed E-state index contributed by atoms with van der Waals surface area (Å²) < 4.78 is 0. The summed E-state index contributed by atoms with van der Waals surface area (Å²) in [5, 5.41) is 8.81. The molecule has 0 amide bonds. The molecule has 0 aliphatic carbocycles. The second-order valence-electron chi connectivity index (χ2n) is 3.96. The molecule has 80 valence electrons. The quantitative estimate of drug-likeness (QED) is 0.522. The van der Waals surface area contributed by atoms with Gasteiger partial charge in [-0.25, -0.2) is 0 Å². The highest BCUT2D eigenvalue weighted by Gasteiger charge is 2.22. The van der Waals surface area contributed by atoms with Crippen molar-refractivity contribution in [2.24, 2.45) is 5.41 Å². The Morgan fingerprint density at radius 1 is 1.36 bits per heavy atom. The van der Waals surface area contributed by atoms with E-state index in [9.17, 15) is 4.79 Å². The zero-order chi connectivity index (χ0) is 11.0. The fraction of sp³-hybridized carbons (Fsp3) is 0.583. The van der Waals surface area contributed by atoms with Crippen molar-refractivity contribution in [2.75, 3.05) is 0 Å². The zero-order valence-corrected chi connectivity index (χ0v) is 9.29. The average Bonchev–Trinajstić information content (AvgIpc) is 2.10. The Bertz CT molecular complexity index is 224. The summed E-state index contributed by atoms with van der Waals surface area (Å²) in [6.45, 7) is 5.52. The van der Waals surface area contributed by atoms with E-state index >= 15 is 0 Å². The summed E-state index contributed by atoms with van der Waals surface area (Å²) >= 11 is 0. The zero-order valence-electron chi connectivity index (χ0n) is 9.29. The largest absolute Gasteiger partial charge is 0.481 e. The van der Waals surface area contributed by atoms with Crippen LogP contribution in [0.15, 0.2) is 24.3 Å². The summed E-state index contributed by atoms with van der Waals surface area (Å²) in [6, 6.07) is 0. The second kappa shape index (κ2) is 6.41. The van der Waals surface area contributed by atoms with Crippen molar-refractivity contribution >= 4 is 5.97 Å². The van der Waals surface area contributed by atoms with E-state index in [4.69, 9.17) is 5.11 Å². The van der Waals surface area contributed by atoms with Gasteiger partial charge in [0.1, 0.15) is 0 Å². The Kier molecular flexibility index (Phi) is 5.93. The third kappa shape index (κ3) is 5.57. The fourth-order valence-corrected chi connectivity index (χ4v) is 0.864. The third-order valence-corrected chi connectivity index (χ3v) is 2.04. The molecule has 0 saturated carbocycles. The number of hydrogen-bond donors (Lipinski definition) is 1. The lowest BCUT2D eigenvalue weighted by Gasteiger charge is -2.12. The van der Waals surface area contributed by atoms with Crippen molar-refractivity contribution in [2.45, 2.75) is 40.0 Å². The normalized spacial score (nSPS) is 12.8. The molecule has 0 aromatic rings. The fourth-order valence-electron chi connectivity index (χ4n) is 0.864. The standard InChI is InChI=1S/C12H20O2/c1-4-5-6-7-8-9-10-12(2,3)11(13)14/h7-10H,4-6H2,1-3H3,(H,13,14). The average molecular weight is 196 g/mol. The van der Waals surface area contributed by atoms with Gasteiger partial charge >= 0.3 is 5.97 Å². The minimum Gasteiger partial charge on any atom is -0.481 e. The highest BCUT2D eigenvalue weighted by molar-refractivity contribution is 5.75. The van der Waals surface area contributed by atoms with Crippen LogP contribution < -0.4 is 0 Å². The molecule has 0 aromatic carbocycles. The van der Waals surface area contributed by atoms with Gasteiger partial charge in [-0.05, 0) is 20.3 Å². The Hall–Kier alpha value is -1.05. The van der Waals surface area contributed by atoms with Gasteiger partial charge in [0, 0.05) is 0 Å². The Labute approximate surface area is 86.3 Å². The maximum absolute atomic E-state index is 10.7. The van der Waals surface area contributed by atoms with Gasteiger partial charge in [0.2, 0.25) is 0 Å². The van der Waals surface area contributed by atoms with Crippen LogP contribution in [0.2, 0.25) is 0 Å². The van der Waals surface area contributed by atoms with Crippen molar-refractivity contribution in [3.8, 4) is 0 Å². The van der Waals surface area contributed by atoms with Crippen molar-refractivity contribution in [1.82, 2.24) is 0 Å². The lowest BCUT2D eigenvalue weighted by molar-refractivity contribution is -0.144. The first-order valence-electron chi connectivity index (χ1n) is 5.08. The predicted octanol–water partition coefficient (Wildman–Crippen LogP) is 3.40. The maximum atomic E-state index is 10.7. The Morgan fingerprint density at radius 3 is 2.50 bits per heavy atom. The molecule has 1 N–H and O–H groups in total. The van der Waals surface area contributed by atoms with Gasteiger partial charge in [-0.15, -0.1) is 0 Å². The number of aliphatic carboxylic acids is 1. The van der Waals surface area contributed by atoms with E-state index in [2.05, 4.69) is 13.0 Å². The van der Waals surface area contributed by atoms with E-state index < -0.39 is 11.4 Å². The summed E-state index contributed by atoms with van der Waals surface area (Å²) in [5.74, 6) is -0.796. The van der Waals surface area contributed by atoms with Gasteiger partial charge in [-0.3, -0.25) is 4.79 Å². The van der Waals surface area contributed by atoms with Crippen molar-refractivity contribution < 1.29 is 9.90 Å². The first kappa shape index (κ1) is 12.9. The van der Waals surface area contributed by atoms with Crippen LogP contribution in [-0.4, -0.2) is 11.1 Å². The predicted molar refractivity (Wildman–Crippen MR) is 59.2 cm³/mol. The third-order valence-electron chi connectivity index (χ3n) is 2.04. The molecular formula is C12H20O2. The number of unbranched alkanes of at least 4 members (excludes halogenated alkanes) is 2. The van der Waals surface area contributed by atoms with Crippen LogP contribution in [0.3, 0.4) is 0 Å².